The molecule has 0 amide bonds. The van der Waals surface area contributed by atoms with E-state index in [2.05, 4.69) is 19.9 Å². The van der Waals surface area contributed by atoms with Crippen molar-refractivity contribution in [1.82, 2.24) is 0 Å². The molecule has 0 aromatic rings. The summed E-state index contributed by atoms with van der Waals surface area (Å²) in [6.45, 7) is 6.70. The van der Waals surface area contributed by atoms with Crippen LogP contribution >= 0.6 is 0 Å². The molecule has 0 heterocycles. The molecule has 3 heteroatoms. The second kappa shape index (κ2) is 6.76. The van der Waals surface area contributed by atoms with Gasteiger partial charge in [0.25, 0.3) is 0 Å². The Balaban J connectivity index is 0.00000169. The minimum atomic E-state index is -0.117. The van der Waals surface area contributed by atoms with Crippen molar-refractivity contribution in [3.05, 3.63) is 11.6 Å². The maximum atomic E-state index is 12.2. The molecule has 0 aromatic carbocycles. The molecule has 1 N–H and O–H groups in total. The van der Waals surface area contributed by atoms with E-state index in [-0.39, 0.29) is 55.6 Å². The normalized spacial score (nSPS) is 50.0. The van der Waals surface area contributed by atoms with E-state index in [9.17, 15) is 9.90 Å². The van der Waals surface area contributed by atoms with E-state index < -0.39 is 0 Å². The summed E-state index contributed by atoms with van der Waals surface area (Å²) in [5.41, 5.74) is 2.11. The van der Waals surface area contributed by atoms with Gasteiger partial charge in [-0.15, -0.1) is 0 Å². The number of aliphatic hydroxyl groups is 1. The number of rotatable bonds is 1. The van der Waals surface area contributed by atoms with Crippen molar-refractivity contribution in [2.75, 3.05) is 0 Å². The number of hydrogen-bond acceptors (Lipinski definition) is 2. The van der Waals surface area contributed by atoms with Gasteiger partial charge in [0, 0.05) is 50.0 Å². The Bertz CT molecular complexity index is 556. The van der Waals surface area contributed by atoms with Crippen molar-refractivity contribution in [3.8, 4) is 0 Å². The molecular weight excluding hydrogens is 511 g/mol. The van der Waals surface area contributed by atoms with E-state index in [1.165, 1.54) is 25.7 Å². The third-order valence-electron chi connectivity index (χ3n) is 8.57. The van der Waals surface area contributed by atoms with Gasteiger partial charge in [-0.25, -0.2) is 0 Å². The average Bonchev–Trinajstić information content (AvgIpc) is 2.85. The van der Waals surface area contributed by atoms with Crippen LogP contribution in [-0.4, -0.2) is 17.0 Å². The molecule has 131 valence electrons. The summed E-state index contributed by atoms with van der Waals surface area (Å²) >= 11 is 0. The van der Waals surface area contributed by atoms with Gasteiger partial charge in [-0.1, -0.05) is 25.5 Å². The minimum Gasteiger partial charge on any atom is -0.393 e. The fourth-order valence-corrected chi connectivity index (χ4v) is 7.31. The summed E-state index contributed by atoms with van der Waals surface area (Å²) in [7, 11) is 0. The summed E-state index contributed by atoms with van der Waals surface area (Å²) in [5.74, 6) is 3.00. The van der Waals surface area contributed by atoms with Crippen LogP contribution in [0.4, 0.5) is 0 Å². The molecule has 7 atom stereocenters. The minimum absolute atomic E-state index is 0. The van der Waals surface area contributed by atoms with Crippen LogP contribution in [-0.2, 0) is 4.79 Å². The molecule has 0 spiro atoms. The summed E-state index contributed by atoms with van der Waals surface area (Å²) in [4.78, 5) is 12.2. The number of hydrogen-bond donors (Lipinski definition) is 1. The van der Waals surface area contributed by atoms with Crippen LogP contribution in [0.2, 0.25) is 0 Å². The number of fused-ring (bicyclic) bond motifs is 5. The molecule has 3 fully saturated rings. The Morgan fingerprint density at radius 3 is 2.58 bits per heavy atom. The molecule has 0 aromatic heterocycles. The van der Waals surface area contributed by atoms with Gasteiger partial charge < -0.3 is 5.11 Å². The number of ketones is 1. The molecule has 24 heavy (non-hydrogen) atoms. The molecule has 1 radical (unpaired) electrons. The van der Waals surface area contributed by atoms with Gasteiger partial charge in [-0.2, -0.15) is 0 Å². The van der Waals surface area contributed by atoms with Crippen molar-refractivity contribution in [2.45, 2.75) is 78.2 Å². The summed E-state index contributed by atoms with van der Waals surface area (Å²) in [6, 6.07) is 0. The molecule has 0 saturated heterocycles. The Labute approximate surface area is 182 Å². The van der Waals surface area contributed by atoms with Crippen LogP contribution in [0.5, 0.6) is 0 Å². The van der Waals surface area contributed by atoms with Crippen LogP contribution in [0.25, 0.3) is 0 Å². The number of allylic oxidation sites excluding steroid dienone is 1. The first-order valence-electron chi connectivity index (χ1n) is 9.74. The van der Waals surface area contributed by atoms with Crippen LogP contribution in [0, 0.1) is 78.6 Å². The molecule has 7 unspecified atom stereocenters. The van der Waals surface area contributed by atoms with Crippen LogP contribution in [0.1, 0.15) is 72.1 Å². The average molecular weight is 543 g/mol. The number of Topliss-reactive ketones (excluding diaryl/α,β-unsaturated/α-hetero) is 1. The first kappa shape index (κ1) is 19.6. The maximum Gasteiger partial charge on any atom is 0.133 e. The van der Waals surface area contributed by atoms with Gasteiger partial charge in [0.2, 0.25) is 0 Å². The standard InChI is InChI=1S/C21H32O2.Ac/c1-13(22)17-6-7-18-16-5-4-14-12-15(23)8-10-20(14,2)19(16)9-11-21(17,18)3;/h4,15-19,23H,5-12H2,1-3H3;. The Hall–Kier alpha value is 0.812. The van der Waals surface area contributed by atoms with E-state index in [1.807, 2.05) is 6.92 Å². The molecule has 0 aliphatic heterocycles. The summed E-state index contributed by atoms with van der Waals surface area (Å²) in [5, 5.41) is 10.1. The fourth-order valence-electron chi connectivity index (χ4n) is 7.31. The van der Waals surface area contributed by atoms with Crippen LogP contribution < -0.4 is 0 Å². The predicted molar refractivity (Wildman–Crippen MR) is 91.9 cm³/mol. The Kier molecular flexibility index (Phi) is 5.51. The maximum absolute atomic E-state index is 12.2. The zero-order valence-electron chi connectivity index (χ0n) is 15.6. The summed E-state index contributed by atoms with van der Waals surface area (Å²) < 4.78 is 0. The van der Waals surface area contributed by atoms with Crippen molar-refractivity contribution in [3.63, 3.8) is 0 Å². The Morgan fingerprint density at radius 1 is 1.12 bits per heavy atom. The third-order valence-corrected chi connectivity index (χ3v) is 8.57. The van der Waals surface area contributed by atoms with Gasteiger partial charge in [0.05, 0.1) is 6.10 Å². The van der Waals surface area contributed by atoms with Crippen LogP contribution in [0.3, 0.4) is 0 Å². The van der Waals surface area contributed by atoms with Gasteiger partial charge in [0.15, 0.2) is 0 Å². The quantitative estimate of drug-likeness (QED) is 0.495. The van der Waals surface area contributed by atoms with E-state index in [1.54, 1.807) is 5.57 Å². The summed E-state index contributed by atoms with van der Waals surface area (Å²) in [6.07, 6.45) is 11.5. The topological polar surface area (TPSA) is 37.3 Å². The zero-order chi connectivity index (χ0) is 16.4. The smallest absolute Gasteiger partial charge is 0.133 e. The molecule has 0 bridgehead atoms. The van der Waals surface area contributed by atoms with Gasteiger partial charge >= 0.3 is 0 Å². The van der Waals surface area contributed by atoms with Crippen molar-refractivity contribution < 1.29 is 54.0 Å². The third kappa shape index (κ3) is 2.75. The Morgan fingerprint density at radius 2 is 1.88 bits per heavy atom. The van der Waals surface area contributed by atoms with Crippen LogP contribution in [0.15, 0.2) is 11.6 Å². The number of aliphatic hydroxyl groups excluding tert-OH is 1. The SMILES string of the molecule is CC(=O)C1CCC2C3CC=C4CC(O)CCC4(C)C3CCC12C.[Ac]. The number of carbonyl (C=O) groups excluding carboxylic acids is 1. The largest absolute Gasteiger partial charge is 0.393 e. The van der Waals surface area contributed by atoms with Crippen molar-refractivity contribution in [1.29, 1.82) is 0 Å². The van der Waals surface area contributed by atoms with Crippen molar-refractivity contribution >= 4 is 5.78 Å². The number of carbonyl (C=O) groups is 1. The molecule has 3 saturated carbocycles. The first-order valence-corrected chi connectivity index (χ1v) is 9.74. The molecule has 4 aliphatic rings. The second-order valence-corrected chi connectivity index (χ2v) is 9.44. The monoisotopic (exact) mass is 543 g/mol. The van der Waals surface area contributed by atoms with Gasteiger partial charge in [-0.3, -0.25) is 4.79 Å². The van der Waals surface area contributed by atoms with Crippen molar-refractivity contribution in [2.24, 2.45) is 34.5 Å². The second-order valence-electron chi connectivity index (χ2n) is 9.44. The first-order chi connectivity index (χ1) is 10.9. The van der Waals surface area contributed by atoms with Gasteiger partial charge in [-0.05, 0) is 86.9 Å². The molecule has 4 aliphatic carbocycles. The molecular formula is C21H32AcO2. The van der Waals surface area contributed by atoms with E-state index in [0.29, 0.717) is 17.1 Å². The zero-order valence-corrected chi connectivity index (χ0v) is 20.3. The van der Waals surface area contributed by atoms with Gasteiger partial charge in [0.1, 0.15) is 5.78 Å². The fraction of sp³-hybridized carbons (Fsp3) is 0.857. The molecule has 4 rings (SSSR count). The van der Waals surface area contributed by atoms with E-state index in [4.69, 9.17) is 0 Å². The van der Waals surface area contributed by atoms with E-state index >= 15 is 0 Å². The van der Waals surface area contributed by atoms with E-state index in [0.717, 1.165) is 43.4 Å². The molecule has 2 nitrogen and oxygen atoms in total. The predicted octanol–water partition coefficient (Wildman–Crippen LogP) is 4.52.